The topological polar surface area (TPSA) is 80.9 Å². The minimum Gasteiger partial charge on any atom is -0.396 e. The lowest BCUT2D eigenvalue weighted by atomic mass is 9.89. The fraction of sp³-hybridized carbons (Fsp3) is 1.00. The summed E-state index contributed by atoms with van der Waals surface area (Å²) in [5, 5.41) is 37.3. The molecule has 0 spiro atoms. The van der Waals surface area contributed by atoms with Crippen molar-refractivity contribution in [3.8, 4) is 0 Å². The van der Waals surface area contributed by atoms with Crippen molar-refractivity contribution in [2.24, 2.45) is 11.8 Å². The Morgan fingerprint density at radius 3 is 2.06 bits per heavy atom. The molecule has 0 aliphatic heterocycles. The monoisotopic (exact) mass is 234 g/mol. The Hall–Kier alpha value is -0.160. The van der Waals surface area contributed by atoms with Crippen LogP contribution in [0.2, 0.25) is 0 Å². The summed E-state index contributed by atoms with van der Waals surface area (Å²) >= 11 is 0. The Bertz CT molecular complexity index is 163. The minimum atomic E-state index is -0.775. The Balaban J connectivity index is 3.99. The van der Waals surface area contributed by atoms with Gasteiger partial charge in [-0.3, -0.25) is 0 Å². The van der Waals surface area contributed by atoms with Gasteiger partial charge in [0, 0.05) is 13.2 Å². The van der Waals surface area contributed by atoms with Gasteiger partial charge in [0.2, 0.25) is 0 Å². The Morgan fingerprint density at radius 1 is 1.00 bits per heavy atom. The Labute approximate surface area is 97.9 Å². The van der Waals surface area contributed by atoms with E-state index in [0.717, 1.165) is 6.42 Å². The van der Waals surface area contributed by atoms with Gasteiger partial charge in [-0.2, -0.15) is 0 Å². The predicted octanol–water partition coefficient (Wildman–Crippen LogP) is 0.525. The van der Waals surface area contributed by atoms with E-state index in [9.17, 15) is 10.2 Å². The molecule has 0 amide bonds. The van der Waals surface area contributed by atoms with Crippen molar-refractivity contribution in [2.45, 2.75) is 51.7 Å². The van der Waals surface area contributed by atoms with E-state index in [2.05, 4.69) is 0 Å². The standard InChI is InChI=1S/C12H26O4/c1-3-10(6-7-13)12(16)11(15)5-4-9(2)8-14/h9-16H,3-8H2,1-2H3. The van der Waals surface area contributed by atoms with Crippen LogP contribution >= 0.6 is 0 Å². The molecule has 0 aromatic rings. The van der Waals surface area contributed by atoms with Crippen LogP contribution in [0, 0.1) is 11.8 Å². The largest absolute Gasteiger partial charge is 0.396 e. The van der Waals surface area contributed by atoms with Crippen LogP contribution in [0.4, 0.5) is 0 Å². The fourth-order valence-corrected chi connectivity index (χ4v) is 1.81. The molecule has 0 aliphatic rings. The first-order valence-electron chi connectivity index (χ1n) is 6.14. The van der Waals surface area contributed by atoms with Crippen LogP contribution in [0.15, 0.2) is 0 Å². The molecule has 16 heavy (non-hydrogen) atoms. The van der Waals surface area contributed by atoms with Crippen molar-refractivity contribution in [3.05, 3.63) is 0 Å². The van der Waals surface area contributed by atoms with Gasteiger partial charge in [-0.15, -0.1) is 0 Å². The van der Waals surface area contributed by atoms with E-state index >= 15 is 0 Å². The molecule has 0 aromatic carbocycles. The van der Waals surface area contributed by atoms with Gasteiger partial charge in [-0.25, -0.2) is 0 Å². The van der Waals surface area contributed by atoms with Crippen molar-refractivity contribution in [1.82, 2.24) is 0 Å². The van der Waals surface area contributed by atoms with Gasteiger partial charge in [0.15, 0.2) is 0 Å². The van der Waals surface area contributed by atoms with Gasteiger partial charge in [-0.05, 0) is 31.1 Å². The third kappa shape index (κ3) is 5.80. The molecule has 0 heterocycles. The lowest BCUT2D eigenvalue weighted by molar-refractivity contribution is -0.0308. The van der Waals surface area contributed by atoms with Crippen LogP contribution in [0.5, 0.6) is 0 Å². The number of rotatable bonds is 9. The van der Waals surface area contributed by atoms with E-state index in [-0.39, 0.29) is 25.0 Å². The van der Waals surface area contributed by atoms with E-state index < -0.39 is 12.2 Å². The normalized spacial score (nSPS) is 19.1. The molecule has 98 valence electrons. The predicted molar refractivity (Wildman–Crippen MR) is 63.0 cm³/mol. The molecule has 4 unspecified atom stereocenters. The van der Waals surface area contributed by atoms with E-state index in [1.807, 2.05) is 13.8 Å². The third-order valence-corrected chi connectivity index (χ3v) is 3.17. The van der Waals surface area contributed by atoms with Crippen molar-refractivity contribution in [3.63, 3.8) is 0 Å². The maximum atomic E-state index is 9.87. The first-order chi connectivity index (χ1) is 7.56. The molecule has 4 heteroatoms. The van der Waals surface area contributed by atoms with Crippen molar-refractivity contribution >= 4 is 0 Å². The summed E-state index contributed by atoms with van der Waals surface area (Å²) in [6.07, 6.45) is 0.918. The van der Waals surface area contributed by atoms with Crippen LogP contribution in [-0.2, 0) is 0 Å². The molecule has 4 atom stereocenters. The summed E-state index contributed by atoms with van der Waals surface area (Å²) in [5.41, 5.74) is 0. The lowest BCUT2D eigenvalue weighted by Gasteiger charge is -2.26. The zero-order valence-corrected chi connectivity index (χ0v) is 10.3. The van der Waals surface area contributed by atoms with Crippen LogP contribution in [0.1, 0.15) is 39.5 Å². The lowest BCUT2D eigenvalue weighted by Crippen LogP contribution is -2.34. The second-order valence-electron chi connectivity index (χ2n) is 4.60. The number of hydrogen-bond donors (Lipinski definition) is 4. The summed E-state index contributed by atoms with van der Waals surface area (Å²) in [4.78, 5) is 0. The molecule has 0 bridgehead atoms. The van der Waals surface area contributed by atoms with Crippen LogP contribution in [-0.4, -0.2) is 45.8 Å². The smallest absolute Gasteiger partial charge is 0.0827 e. The van der Waals surface area contributed by atoms with E-state index in [4.69, 9.17) is 10.2 Å². The number of aliphatic hydroxyl groups excluding tert-OH is 4. The number of hydrogen-bond acceptors (Lipinski definition) is 4. The second kappa shape index (κ2) is 8.93. The minimum absolute atomic E-state index is 0.0370. The first kappa shape index (κ1) is 15.8. The quantitative estimate of drug-likeness (QED) is 0.469. The van der Waals surface area contributed by atoms with Crippen LogP contribution in [0.3, 0.4) is 0 Å². The van der Waals surface area contributed by atoms with Gasteiger partial charge in [0.05, 0.1) is 12.2 Å². The summed E-state index contributed by atoms with van der Waals surface area (Å²) in [6.45, 7) is 3.99. The van der Waals surface area contributed by atoms with Crippen LogP contribution < -0.4 is 0 Å². The van der Waals surface area contributed by atoms with E-state index in [1.54, 1.807) is 0 Å². The van der Waals surface area contributed by atoms with E-state index in [1.165, 1.54) is 0 Å². The zero-order chi connectivity index (χ0) is 12.6. The highest BCUT2D eigenvalue weighted by Crippen LogP contribution is 2.19. The molecule has 0 saturated heterocycles. The summed E-state index contributed by atoms with van der Waals surface area (Å²) in [5.74, 6) is 0.101. The average Bonchev–Trinajstić information content (AvgIpc) is 2.31. The fourth-order valence-electron chi connectivity index (χ4n) is 1.81. The summed E-state index contributed by atoms with van der Waals surface area (Å²) in [6, 6.07) is 0. The van der Waals surface area contributed by atoms with Gasteiger partial charge < -0.3 is 20.4 Å². The first-order valence-corrected chi connectivity index (χ1v) is 6.14. The maximum absolute atomic E-state index is 9.87. The maximum Gasteiger partial charge on any atom is 0.0827 e. The molecule has 0 rings (SSSR count). The molecular formula is C12H26O4. The highest BCUT2D eigenvalue weighted by atomic mass is 16.3. The summed E-state index contributed by atoms with van der Waals surface area (Å²) < 4.78 is 0. The average molecular weight is 234 g/mol. The van der Waals surface area contributed by atoms with E-state index in [0.29, 0.717) is 19.3 Å². The molecule has 4 N–H and O–H groups in total. The third-order valence-electron chi connectivity index (χ3n) is 3.17. The summed E-state index contributed by atoms with van der Waals surface area (Å²) in [7, 11) is 0. The second-order valence-corrected chi connectivity index (χ2v) is 4.60. The van der Waals surface area contributed by atoms with Crippen LogP contribution in [0.25, 0.3) is 0 Å². The van der Waals surface area contributed by atoms with Gasteiger partial charge in [0.25, 0.3) is 0 Å². The molecule has 0 radical (unpaired) electrons. The van der Waals surface area contributed by atoms with Crippen molar-refractivity contribution < 1.29 is 20.4 Å². The Kier molecular flexibility index (Phi) is 8.84. The number of aliphatic hydroxyl groups is 4. The van der Waals surface area contributed by atoms with Crippen molar-refractivity contribution in [2.75, 3.05) is 13.2 Å². The van der Waals surface area contributed by atoms with Crippen molar-refractivity contribution in [1.29, 1.82) is 0 Å². The van der Waals surface area contributed by atoms with Gasteiger partial charge in [-0.1, -0.05) is 20.3 Å². The SMILES string of the molecule is CCC(CCO)C(O)C(O)CCC(C)CO. The molecular weight excluding hydrogens is 208 g/mol. The Morgan fingerprint density at radius 2 is 1.62 bits per heavy atom. The molecule has 0 aliphatic carbocycles. The highest BCUT2D eigenvalue weighted by Gasteiger charge is 2.24. The van der Waals surface area contributed by atoms with Gasteiger partial charge in [0.1, 0.15) is 0 Å². The highest BCUT2D eigenvalue weighted by molar-refractivity contribution is 4.75. The molecule has 0 saturated carbocycles. The zero-order valence-electron chi connectivity index (χ0n) is 10.3. The molecule has 0 fully saturated rings. The molecule has 4 nitrogen and oxygen atoms in total. The van der Waals surface area contributed by atoms with Gasteiger partial charge >= 0.3 is 0 Å². The molecule has 0 aromatic heterocycles.